The van der Waals surface area contributed by atoms with Gasteiger partial charge in [-0.05, 0) is 24.6 Å². The molecule has 1 fully saturated rings. The number of aromatic nitrogens is 1. The van der Waals surface area contributed by atoms with Crippen molar-refractivity contribution in [1.82, 2.24) is 15.6 Å². The molecule has 1 saturated heterocycles. The molecule has 1 aliphatic rings. The Hall–Kier alpha value is -0.930. The van der Waals surface area contributed by atoms with Gasteiger partial charge < -0.3 is 10.6 Å². The molecule has 0 aromatic carbocycles. The van der Waals surface area contributed by atoms with Crippen molar-refractivity contribution in [2.75, 3.05) is 13.1 Å². The Morgan fingerprint density at radius 1 is 1.62 bits per heavy atom. The van der Waals surface area contributed by atoms with Crippen molar-refractivity contribution < 1.29 is 0 Å². The second kappa shape index (κ2) is 4.35. The van der Waals surface area contributed by atoms with Crippen molar-refractivity contribution >= 4 is 0 Å². The van der Waals surface area contributed by atoms with Crippen LogP contribution in [-0.4, -0.2) is 24.1 Å². The molecule has 13 heavy (non-hydrogen) atoms. The van der Waals surface area contributed by atoms with E-state index in [9.17, 15) is 0 Å². The van der Waals surface area contributed by atoms with Gasteiger partial charge in [0, 0.05) is 31.5 Å². The van der Waals surface area contributed by atoms with Crippen molar-refractivity contribution in [3.8, 4) is 0 Å². The summed E-state index contributed by atoms with van der Waals surface area (Å²) in [6, 6.07) is 4.71. The van der Waals surface area contributed by atoms with Crippen LogP contribution in [0.5, 0.6) is 0 Å². The average Bonchev–Trinajstić information content (AvgIpc) is 2.69. The van der Waals surface area contributed by atoms with Gasteiger partial charge in [-0.1, -0.05) is 6.07 Å². The van der Waals surface area contributed by atoms with Crippen LogP contribution in [0.4, 0.5) is 0 Å². The fraction of sp³-hybridized carbons (Fsp3) is 0.500. The van der Waals surface area contributed by atoms with E-state index in [0.717, 1.165) is 19.6 Å². The van der Waals surface area contributed by atoms with E-state index < -0.39 is 0 Å². The summed E-state index contributed by atoms with van der Waals surface area (Å²) in [6.07, 6.45) is 4.95. The minimum absolute atomic E-state index is 0.639. The summed E-state index contributed by atoms with van der Waals surface area (Å²) in [6.45, 7) is 3.17. The van der Waals surface area contributed by atoms with Crippen molar-refractivity contribution in [2.24, 2.45) is 0 Å². The molecule has 2 rings (SSSR count). The quantitative estimate of drug-likeness (QED) is 0.707. The van der Waals surface area contributed by atoms with Crippen LogP contribution in [0.15, 0.2) is 24.5 Å². The summed E-state index contributed by atoms with van der Waals surface area (Å²) in [5.74, 6) is 0. The van der Waals surface area contributed by atoms with Crippen LogP contribution in [0, 0.1) is 0 Å². The molecule has 1 atom stereocenters. The largest absolute Gasteiger partial charge is 0.315 e. The lowest BCUT2D eigenvalue weighted by Gasteiger charge is -2.10. The monoisotopic (exact) mass is 177 g/mol. The maximum absolute atomic E-state index is 4.07. The van der Waals surface area contributed by atoms with Crippen LogP contribution in [0.2, 0.25) is 0 Å². The average molecular weight is 177 g/mol. The van der Waals surface area contributed by atoms with E-state index in [4.69, 9.17) is 0 Å². The smallest absolute Gasteiger partial charge is 0.0312 e. The molecule has 1 aliphatic heterocycles. The predicted molar refractivity (Wildman–Crippen MR) is 52.4 cm³/mol. The molecule has 1 aromatic rings. The SMILES string of the molecule is c1cncc(CN[C@@H]2CCNC2)c1. The molecule has 0 spiro atoms. The number of hydrogen-bond acceptors (Lipinski definition) is 3. The molecule has 2 N–H and O–H groups in total. The predicted octanol–water partition coefficient (Wildman–Crippen LogP) is 0.533. The van der Waals surface area contributed by atoms with Crippen LogP contribution in [0.3, 0.4) is 0 Å². The Morgan fingerprint density at radius 2 is 2.62 bits per heavy atom. The minimum atomic E-state index is 0.639. The van der Waals surface area contributed by atoms with E-state index in [1.54, 1.807) is 6.20 Å². The first-order chi connectivity index (χ1) is 6.45. The van der Waals surface area contributed by atoms with Gasteiger partial charge in [-0.2, -0.15) is 0 Å². The molecule has 0 aliphatic carbocycles. The first-order valence-corrected chi connectivity index (χ1v) is 4.78. The van der Waals surface area contributed by atoms with Gasteiger partial charge in [0.1, 0.15) is 0 Å². The van der Waals surface area contributed by atoms with Gasteiger partial charge in [0.25, 0.3) is 0 Å². The summed E-state index contributed by atoms with van der Waals surface area (Å²) in [5.41, 5.74) is 1.26. The number of pyridine rings is 1. The Kier molecular flexibility index (Phi) is 2.90. The van der Waals surface area contributed by atoms with Gasteiger partial charge in [-0.15, -0.1) is 0 Å². The molecular formula is C10H15N3. The van der Waals surface area contributed by atoms with E-state index in [1.807, 2.05) is 12.3 Å². The Balaban J connectivity index is 1.79. The Labute approximate surface area is 78.6 Å². The zero-order chi connectivity index (χ0) is 8.93. The van der Waals surface area contributed by atoms with Crippen LogP contribution >= 0.6 is 0 Å². The highest BCUT2D eigenvalue weighted by atomic mass is 15.0. The molecule has 70 valence electrons. The highest BCUT2D eigenvalue weighted by molar-refractivity contribution is 5.08. The lowest BCUT2D eigenvalue weighted by molar-refractivity contribution is 0.547. The first kappa shape index (κ1) is 8.66. The topological polar surface area (TPSA) is 37.0 Å². The van der Waals surface area contributed by atoms with Crippen LogP contribution in [0.25, 0.3) is 0 Å². The highest BCUT2D eigenvalue weighted by Gasteiger charge is 2.12. The molecule has 0 radical (unpaired) electrons. The lowest BCUT2D eigenvalue weighted by Crippen LogP contribution is -2.30. The third-order valence-corrected chi connectivity index (χ3v) is 2.38. The third kappa shape index (κ3) is 2.50. The number of nitrogens with zero attached hydrogens (tertiary/aromatic N) is 1. The molecule has 1 aromatic heterocycles. The van der Waals surface area contributed by atoms with Gasteiger partial charge in [0.2, 0.25) is 0 Å². The zero-order valence-electron chi connectivity index (χ0n) is 7.66. The molecule has 0 amide bonds. The van der Waals surface area contributed by atoms with Gasteiger partial charge in [0.15, 0.2) is 0 Å². The third-order valence-electron chi connectivity index (χ3n) is 2.38. The summed E-state index contributed by atoms with van der Waals surface area (Å²) >= 11 is 0. The summed E-state index contributed by atoms with van der Waals surface area (Å²) in [7, 11) is 0. The maximum Gasteiger partial charge on any atom is 0.0312 e. The Bertz CT molecular complexity index is 242. The fourth-order valence-corrected chi connectivity index (χ4v) is 1.59. The van der Waals surface area contributed by atoms with Crippen LogP contribution in [0.1, 0.15) is 12.0 Å². The number of rotatable bonds is 3. The standard InChI is InChI=1S/C10H15N3/c1-2-9(6-11-4-1)7-13-10-3-5-12-8-10/h1-2,4,6,10,12-13H,3,5,7-8H2/t10-/m1/s1. The normalized spacial score (nSPS) is 22.0. The second-order valence-corrected chi connectivity index (χ2v) is 3.43. The molecule has 0 saturated carbocycles. The van der Waals surface area contributed by atoms with Crippen LogP contribution < -0.4 is 10.6 Å². The second-order valence-electron chi connectivity index (χ2n) is 3.43. The fourth-order valence-electron chi connectivity index (χ4n) is 1.59. The summed E-state index contributed by atoms with van der Waals surface area (Å²) < 4.78 is 0. The van der Waals surface area contributed by atoms with Gasteiger partial charge in [-0.25, -0.2) is 0 Å². The van der Waals surface area contributed by atoms with E-state index in [-0.39, 0.29) is 0 Å². The first-order valence-electron chi connectivity index (χ1n) is 4.78. The van der Waals surface area contributed by atoms with E-state index in [0.29, 0.717) is 6.04 Å². The van der Waals surface area contributed by atoms with Crippen LogP contribution in [-0.2, 0) is 6.54 Å². The number of hydrogen-bond donors (Lipinski definition) is 2. The van der Waals surface area contributed by atoms with E-state index >= 15 is 0 Å². The summed E-state index contributed by atoms with van der Waals surface area (Å²) in [5, 5.41) is 6.83. The molecule has 0 unspecified atom stereocenters. The van der Waals surface area contributed by atoms with Gasteiger partial charge in [0.05, 0.1) is 0 Å². The van der Waals surface area contributed by atoms with Crippen molar-refractivity contribution in [2.45, 2.75) is 19.0 Å². The maximum atomic E-state index is 4.07. The van der Waals surface area contributed by atoms with Crippen molar-refractivity contribution in [3.05, 3.63) is 30.1 Å². The van der Waals surface area contributed by atoms with Crippen molar-refractivity contribution in [3.63, 3.8) is 0 Å². The van der Waals surface area contributed by atoms with E-state index in [1.165, 1.54) is 12.0 Å². The summed E-state index contributed by atoms with van der Waals surface area (Å²) in [4.78, 5) is 4.07. The minimum Gasteiger partial charge on any atom is -0.315 e. The van der Waals surface area contributed by atoms with Crippen molar-refractivity contribution in [1.29, 1.82) is 0 Å². The zero-order valence-corrected chi connectivity index (χ0v) is 7.66. The molecule has 3 heteroatoms. The molecule has 3 nitrogen and oxygen atoms in total. The Morgan fingerprint density at radius 3 is 3.31 bits per heavy atom. The van der Waals surface area contributed by atoms with Gasteiger partial charge in [-0.3, -0.25) is 4.98 Å². The molecular weight excluding hydrogens is 162 g/mol. The van der Waals surface area contributed by atoms with Gasteiger partial charge >= 0.3 is 0 Å². The highest BCUT2D eigenvalue weighted by Crippen LogP contribution is 2.00. The van der Waals surface area contributed by atoms with E-state index in [2.05, 4.69) is 21.7 Å². The number of nitrogens with one attached hydrogen (secondary N) is 2. The lowest BCUT2D eigenvalue weighted by atomic mass is 10.2. The molecule has 0 bridgehead atoms. The molecule has 2 heterocycles.